The van der Waals surface area contributed by atoms with Gasteiger partial charge in [-0.1, -0.05) is 29.6 Å². The lowest BCUT2D eigenvalue weighted by molar-refractivity contribution is 0.156. The van der Waals surface area contributed by atoms with Crippen LogP contribution in [0.25, 0.3) is 0 Å². The number of halogens is 2. The fourth-order valence-electron chi connectivity index (χ4n) is 1.88. The second-order valence-electron chi connectivity index (χ2n) is 4.37. The molecule has 2 amide bonds. The van der Waals surface area contributed by atoms with E-state index >= 15 is 0 Å². The van der Waals surface area contributed by atoms with Gasteiger partial charge in [-0.25, -0.2) is 9.80 Å². The van der Waals surface area contributed by atoms with Crippen LogP contribution in [0.4, 0.5) is 10.5 Å². The Bertz CT molecular complexity index is 449. The number of piperidine rings is 1. The SMILES string of the molecule is O=C(NNc1ccc(Cl)c(Cl)c1)NN1CCCCC1. The van der Waals surface area contributed by atoms with Crippen LogP contribution in [-0.2, 0) is 0 Å². The maximum atomic E-state index is 11.7. The Morgan fingerprint density at radius 2 is 1.84 bits per heavy atom. The van der Waals surface area contributed by atoms with Crippen LogP contribution in [0.15, 0.2) is 18.2 Å². The molecule has 5 nitrogen and oxygen atoms in total. The molecular weight excluding hydrogens is 287 g/mol. The van der Waals surface area contributed by atoms with Gasteiger partial charge in [-0.2, -0.15) is 0 Å². The fourth-order valence-corrected chi connectivity index (χ4v) is 2.18. The van der Waals surface area contributed by atoms with Gasteiger partial charge in [0.1, 0.15) is 0 Å². The van der Waals surface area contributed by atoms with Crippen LogP contribution in [0.1, 0.15) is 19.3 Å². The van der Waals surface area contributed by atoms with Crippen molar-refractivity contribution in [3.8, 4) is 0 Å². The quantitative estimate of drug-likeness (QED) is 0.752. The van der Waals surface area contributed by atoms with Gasteiger partial charge in [-0.3, -0.25) is 16.3 Å². The first-order valence-electron chi connectivity index (χ1n) is 6.18. The first-order valence-corrected chi connectivity index (χ1v) is 6.93. The molecule has 1 aromatic rings. The molecule has 0 saturated carbocycles. The van der Waals surface area contributed by atoms with Crippen molar-refractivity contribution < 1.29 is 4.79 Å². The first kappa shape index (κ1) is 14.2. The van der Waals surface area contributed by atoms with Crippen LogP contribution < -0.4 is 16.3 Å². The number of hydrogen-bond donors (Lipinski definition) is 3. The van der Waals surface area contributed by atoms with E-state index in [0.29, 0.717) is 15.7 Å². The third kappa shape index (κ3) is 4.45. The van der Waals surface area contributed by atoms with Gasteiger partial charge >= 0.3 is 6.03 Å². The summed E-state index contributed by atoms with van der Waals surface area (Å²) >= 11 is 11.7. The minimum atomic E-state index is -0.298. The van der Waals surface area contributed by atoms with Crippen molar-refractivity contribution >= 4 is 34.9 Å². The van der Waals surface area contributed by atoms with E-state index in [1.54, 1.807) is 18.2 Å². The highest BCUT2D eigenvalue weighted by Crippen LogP contribution is 2.24. The number of rotatable bonds is 3. The van der Waals surface area contributed by atoms with E-state index < -0.39 is 0 Å². The lowest BCUT2D eigenvalue weighted by atomic mass is 10.2. The smallest absolute Gasteiger partial charge is 0.297 e. The summed E-state index contributed by atoms with van der Waals surface area (Å²) in [5, 5.41) is 2.82. The zero-order chi connectivity index (χ0) is 13.7. The summed E-state index contributed by atoms with van der Waals surface area (Å²) in [6.45, 7) is 1.78. The molecule has 0 aliphatic carbocycles. The van der Waals surface area contributed by atoms with Crippen molar-refractivity contribution in [1.82, 2.24) is 15.9 Å². The summed E-state index contributed by atoms with van der Waals surface area (Å²) in [7, 11) is 0. The Hall–Kier alpha value is -1.17. The summed E-state index contributed by atoms with van der Waals surface area (Å²) < 4.78 is 0. The number of urea groups is 1. The standard InChI is InChI=1S/C12H16Cl2N4O/c13-10-5-4-9(8-11(10)14)15-16-12(19)17-18-6-2-1-3-7-18/h4-5,8,15H,1-3,6-7H2,(H2,16,17,19). The van der Waals surface area contributed by atoms with Gasteiger partial charge in [0.05, 0.1) is 15.7 Å². The lowest BCUT2D eigenvalue weighted by Crippen LogP contribution is -2.50. The Morgan fingerprint density at radius 1 is 1.11 bits per heavy atom. The lowest BCUT2D eigenvalue weighted by Gasteiger charge is -2.26. The normalized spacial score (nSPS) is 15.9. The molecule has 1 saturated heterocycles. The van der Waals surface area contributed by atoms with Crippen LogP contribution in [0.5, 0.6) is 0 Å². The summed E-state index contributed by atoms with van der Waals surface area (Å²) in [6, 6.07) is 4.74. The Morgan fingerprint density at radius 3 is 2.53 bits per heavy atom. The maximum absolute atomic E-state index is 11.7. The van der Waals surface area contributed by atoms with Crippen LogP contribution >= 0.6 is 23.2 Å². The highest BCUT2D eigenvalue weighted by molar-refractivity contribution is 6.42. The van der Waals surface area contributed by atoms with Crippen molar-refractivity contribution in [2.75, 3.05) is 18.5 Å². The molecule has 1 fully saturated rings. The van der Waals surface area contributed by atoms with Crippen LogP contribution in [0.2, 0.25) is 10.0 Å². The minimum absolute atomic E-state index is 0.298. The number of nitrogens with zero attached hydrogens (tertiary/aromatic N) is 1. The highest BCUT2D eigenvalue weighted by Gasteiger charge is 2.12. The van der Waals surface area contributed by atoms with Crippen LogP contribution in [0.3, 0.4) is 0 Å². The fraction of sp³-hybridized carbons (Fsp3) is 0.417. The summed E-state index contributed by atoms with van der Waals surface area (Å²) in [5.74, 6) is 0. The summed E-state index contributed by atoms with van der Waals surface area (Å²) in [5.41, 5.74) is 8.77. The number of anilines is 1. The molecule has 3 N–H and O–H groups in total. The van der Waals surface area contributed by atoms with Crippen molar-refractivity contribution in [2.24, 2.45) is 0 Å². The number of amides is 2. The average molecular weight is 303 g/mol. The Balaban J connectivity index is 1.77. The molecule has 0 aromatic heterocycles. The molecule has 0 radical (unpaired) electrons. The number of hydrazine groups is 2. The third-order valence-corrected chi connectivity index (χ3v) is 3.59. The molecule has 2 rings (SSSR count). The molecule has 0 atom stereocenters. The summed E-state index contributed by atoms with van der Waals surface area (Å²) in [4.78, 5) is 11.7. The maximum Gasteiger partial charge on any atom is 0.347 e. The molecule has 1 aromatic carbocycles. The molecule has 0 bridgehead atoms. The topological polar surface area (TPSA) is 56.4 Å². The predicted molar refractivity (Wildman–Crippen MR) is 77.2 cm³/mol. The van der Waals surface area contributed by atoms with Gasteiger partial charge in [-0.05, 0) is 31.0 Å². The third-order valence-electron chi connectivity index (χ3n) is 2.86. The van der Waals surface area contributed by atoms with Crippen molar-refractivity contribution in [3.05, 3.63) is 28.2 Å². The average Bonchev–Trinajstić information content (AvgIpc) is 2.41. The number of carbonyl (C=O) groups excluding carboxylic acids is 1. The van der Waals surface area contributed by atoms with Gasteiger partial charge < -0.3 is 0 Å². The van der Waals surface area contributed by atoms with Gasteiger partial charge in [0.25, 0.3) is 0 Å². The Labute approximate surface area is 122 Å². The Kier molecular flexibility index (Phi) is 5.13. The van der Waals surface area contributed by atoms with E-state index in [0.717, 1.165) is 25.9 Å². The highest BCUT2D eigenvalue weighted by atomic mass is 35.5. The largest absolute Gasteiger partial charge is 0.347 e. The molecule has 19 heavy (non-hydrogen) atoms. The van der Waals surface area contributed by atoms with E-state index in [-0.39, 0.29) is 6.03 Å². The minimum Gasteiger partial charge on any atom is -0.297 e. The van der Waals surface area contributed by atoms with E-state index in [1.807, 2.05) is 5.01 Å². The first-order chi connectivity index (χ1) is 9.15. The van der Waals surface area contributed by atoms with Crippen molar-refractivity contribution in [3.63, 3.8) is 0 Å². The van der Waals surface area contributed by atoms with Crippen LogP contribution in [0, 0.1) is 0 Å². The molecule has 1 aliphatic rings. The van der Waals surface area contributed by atoms with Crippen LogP contribution in [-0.4, -0.2) is 24.1 Å². The zero-order valence-corrected chi connectivity index (χ0v) is 11.9. The molecule has 0 spiro atoms. The second kappa shape index (κ2) is 6.84. The van der Waals surface area contributed by atoms with E-state index in [9.17, 15) is 4.79 Å². The predicted octanol–water partition coefficient (Wildman–Crippen LogP) is 3.02. The molecule has 7 heteroatoms. The molecule has 1 aliphatic heterocycles. The molecule has 0 unspecified atom stereocenters. The van der Waals surface area contributed by atoms with Gasteiger partial charge in [0.15, 0.2) is 0 Å². The second-order valence-corrected chi connectivity index (χ2v) is 5.18. The van der Waals surface area contributed by atoms with Gasteiger partial charge in [0.2, 0.25) is 0 Å². The van der Waals surface area contributed by atoms with Crippen molar-refractivity contribution in [2.45, 2.75) is 19.3 Å². The number of nitrogens with one attached hydrogen (secondary N) is 3. The van der Waals surface area contributed by atoms with Gasteiger partial charge in [-0.15, -0.1) is 0 Å². The van der Waals surface area contributed by atoms with Crippen molar-refractivity contribution in [1.29, 1.82) is 0 Å². The zero-order valence-electron chi connectivity index (χ0n) is 10.4. The molecule has 1 heterocycles. The number of benzene rings is 1. The van der Waals surface area contributed by atoms with E-state index in [1.165, 1.54) is 6.42 Å². The van der Waals surface area contributed by atoms with E-state index in [4.69, 9.17) is 23.2 Å². The number of hydrogen-bond acceptors (Lipinski definition) is 3. The monoisotopic (exact) mass is 302 g/mol. The molecule has 104 valence electrons. The molecular formula is C12H16Cl2N4O. The van der Waals surface area contributed by atoms with Gasteiger partial charge in [0, 0.05) is 13.1 Å². The van der Waals surface area contributed by atoms with E-state index in [2.05, 4.69) is 16.3 Å². The number of carbonyl (C=O) groups is 1. The summed E-state index contributed by atoms with van der Waals surface area (Å²) in [6.07, 6.45) is 3.45.